The van der Waals surface area contributed by atoms with Gasteiger partial charge in [-0.05, 0) is 13.0 Å². The second kappa shape index (κ2) is 10.8. The fourth-order valence-electron chi connectivity index (χ4n) is 0.535. The van der Waals surface area contributed by atoms with Crippen molar-refractivity contribution in [1.82, 2.24) is 0 Å². The average Bonchev–Trinajstić information content (AvgIpc) is 2.16. The maximum atomic E-state index is 10.9. The van der Waals surface area contributed by atoms with Crippen LogP contribution in [0.2, 0.25) is 0 Å². The maximum Gasteiger partial charge on any atom is 0.333 e. The quantitative estimate of drug-likeness (QED) is 0.408. The molecular formula is C12H22ClNO4. The Morgan fingerprint density at radius 1 is 1.33 bits per heavy atom. The fraction of sp³-hybridized carbons (Fsp3) is 0.500. The molecule has 106 valence electrons. The molecule has 0 aliphatic carbocycles. The molecule has 0 saturated heterocycles. The molecule has 0 fully saturated rings. The van der Waals surface area contributed by atoms with Gasteiger partial charge in [0.1, 0.15) is 13.2 Å². The molecule has 5 nitrogen and oxygen atoms in total. The van der Waals surface area contributed by atoms with Crippen molar-refractivity contribution in [2.24, 2.45) is 0 Å². The van der Waals surface area contributed by atoms with Crippen LogP contribution in [0.15, 0.2) is 24.8 Å². The number of carbonyl (C=O) groups excluding carboxylic acids is 2. The van der Waals surface area contributed by atoms with Crippen molar-refractivity contribution in [2.75, 3.05) is 34.3 Å². The van der Waals surface area contributed by atoms with Crippen LogP contribution >= 0.6 is 12.4 Å². The van der Waals surface area contributed by atoms with E-state index in [1.165, 1.54) is 0 Å². The number of nitrogens with zero attached hydrogens (tertiary/aromatic N) is 1. The highest BCUT2D eigenvalue weighted by molar-refractivity contribution is 5.86. The van der Waals surface area contributed by atoms with Crippen molar-refractivity contribution >= 4 is 24.3 Å². The summed E-state index contributed by atoms with van der Waals surface area (Å²) in [6.07, 6.45) is 0.722. The summed E-state index contributed by atoms with van der Waals surface area (Å²) in [7, 11) is 6.15. The molecule has 0 heterocycles. The molecule has 0 amide bonds. The van der Waals surface area contributed by atoms with E-state index < -0.39 is 5.97 Å². The van der Waals surface area contributed by atoms with Crippen molar-refractivity contribution in [3.05, 3.63) is 24.8 Å². The molecule has 0 atom stereocenters. The van der Waals surface area contributed by atoms with E-state index >= 15 is 0 Å². The molecule has 0 aliphatic rings. The van der Waals surface area contributed by atoms with E-state index in [-0.39, 0.29) is 18.4 Å². The summed E-state index contributed by atoms with van der Waals surface area (Å²) in [6, 6.07) is 0. The number of carbonyl (C=O) groups is 2. The molecule has 0 aromatic heterocycles. The van der Waals surface area contributed by atoms with Crippen LogP contribution in [0.4, 0.5) is 0 Å². The summed E-state index contributed by atoms with van der Waals surface area (Å²) in [5.41, 5.74) is 0.455. The predicted octanol–water partition coefficient (Wildman–Crippen LogP) is 0.156. The second-order valence-electron chi connectivity index (χ2n) is 4.45. The lowest BCUT2D eigenvalue weighted by Gasteiger charge is -2.23. The van der Waals surface area contributed by atoms with E-state index in [1.807, 2.05) is 0 Å². The monoisotopic (exact) mass is 279 g/mol. The minimum Gasteiger partial charge on any atom is -0.545 e. The Hall–Kier alpha value is -1.33. The first-order valence-electron chi connectivity index (χ1n) is 5.06. The van der Waals surface area contributed by atoms with E-state index in [2.05, 4.69) is 34.3 Å². The van der Waals surface area contributed by atoms with Gasteiger partial charge in [-0.1, -0.05) is 13.2 Å². The van der Waals surface area contributed by atoms with Gasteiger partial charge in [0.15, 0.2) is 0 Å². The molecule has 0 bridgehead atoms. The van der Waals surface area contributed by atoms with Crippen molar-refractivity contribution < 1.29 is 23.9 Å². The summed E-state index contributed by atoms with van der Waals surface area (Å²) < 4.78 is 5.72. The minimum atomic E-state index is -1.23. The zero-order chi connectivity index (χ0) is 14.1. The number of hydrogen-bond acceptors (Lipinski definition) is 4. The fourth-order valence-corrected chi connectivity index (χ4v) is 0.535. The molecule has 0 radical (unpaired) electrons. The van der Waals surface area contributed by atoms with E-state index in [0.29, 0.717) is 12.2 Å². The number of likely N-dealkylation sites (N-methyl/N-ethyl adjacent to an activating group) is 1. The third-order valence-corrected chi connectivity index (χ3v) is 1.51. The van der Waals surface area contributed by atoms with E-state index in [9.17, 15) is 4.79 Å². The molecule has 0 spiro atoms. The summed E-state index contributed by atoms with van der Waals surface area (Å²) in [5, 5.41) is 9.14. The first-order chi connectivity index (χ1) is 7.60. The zero-order valence-corrected chi connectivity index (χ0v) is 12.2. The molecule has 6 heteroatoms. The number of esters is 1. The molecule has 0 aromatic rings. The van der Waals surface area contributed by atoms with Crippen molar-refractivity contribution in [1.29, 1.82) is 0 Å². The van der Waals surface area contributed by atoms with E-state index in [0.717, 1.165) is 17.1 Å². The summed E-state index contributed by atoms with van der Waals surface area (Å²) >= 11 is 0. The van der Waals surface area contributed by atoms with Crippen LogP contribution in [0.3, 0.4) is 0 Å². The minimum absolute atomic E-state index is 0. The highest BCUT2D eigenvalue weighted by Crippen LogP contribution is 1.94. The molecule has 0 saturated carbocycles. The lowest BCUT2D eigenvalue weighted by atomic mass is 10.4. The van der Waals surface area contributed by atoms with Crippen molar-refractivity contribution in [2.45, 2.75) is 6.92 Å². The average molecular weight is 280 g/mol. The standard InChI is InChI=1S/C9H18NO2.C3H4O2.ClH/c1-8(2)9(11)12-7-6-10(3,4)5;1-2-3(4)5;/h1,6-7H2,2-5H3;2H,1H2,(H,4,5);1H/q+1;;/p-1. The Labute approximate surface area is 115 Å². The number of rotatable bonds is 5. The van der Waals surface area contributed by atoms with Gasteiger partial charge < -0.3 is 19.1 Å². The first kappa shape index (κ1) is 21.9. The van der Waals surface area contributed by atoms with Gasteiger partial charge in [0.2, 0.25) is 0 Å². The van der Waals surface area contributed by atoms with E-state index in [1.54, 1.807) is 6.92 Å². The summed E-state index contributed by atoms with van der Waals surface area (Å²) in [5.74, 6) is -1.53. The molecule has 0 N–H and O–H groups in total. The second-order valence-corrected chi connectivity index (χ2v) is 4.45. The van der Waals surface area contributed by atoms with Gasteiger partial charge in [-0.25, -0.2) is 4.79 Å². The number of carboxylic acid groups (broad SMARTS) is 1. The third kappa shape index (κ3) is 20.1. The SMILES string of the molecule is C=C(C)C(=O)OCC[N+](C)(C)C.C=CC(=O)[O-].Cl. The molecule has 0 rings (SSSR count). The van der Waals surface area contributed by atoms with Crippen LogP contribution in [0.5, 0.6) is 0 Å². The Balaban J connectivity index is -0.000000321. The Kier molecular flexibility index (Phi) is 13.1. The highest BCUT2D eigenvalue weighted by Gasteiger charge is 2.09. The van der Waals surface area contributed by atoms with Gasteiger partial charge in [0, 0.05) is 5.57 Å². The summed E-state index contributed by atoms with van der Waals surface area (Å²) in [4.78, 5) is 20.0. The van der Waals surface area contributed by atoms with Crippen molar-refractivity contribution in [3.63, 3.8) is 0 Å². The number of halogens is 1. The van der Waals surface area contributed by atoms with Crippen LogP contribution in [0.1, 0.15) is 6.92 Å². The van der Waals surface area contributed by atoms with Crippen LogP contribution in [-0.4, -0.2) is 50.7 Å². The Morgan fingerprint density at radius 3 is 1.94 bits per heavy atom. The number of ether oxygens (including phenoxy) is 1. The normalized spacial score (nSPS) is 9.11. The topological polar surface area (TPSA) is 66.4 Å². The van der Waals surface area contributed by atoms with Gasteiger partial charge in [0.25, 0.3) is 0 Å². The zero-order valence-electron chi connectivity index (χ0n) is 11.4. The van der Waals surface area contributed by atoms with Gasteiger partial charge in [-0.2, -0.15) is 0 Å². The molecule has 0 unspecified atom stereocenters. The third-order valence-electron chi connectivity index (χ3n) is 1.51. The highest BCUT2D eigenvalue weighted by atomic mass is 35.5. The predicted molar refractivity (Wildman–Crippen MR) is 71.1 cm³/mol. The van der Waals surface area contributed by atoms with Crippen LogP contribution in [-0.2, 0) is 14.3 Å². The van der Waals surface area contributed by atoms with Crippen LogP contribution < -0.4 is 5.11 Å². The lowest BCUT2D eigenvalue weighted by Crippen LogP contribution is -2.38. The van der Waals surface area contributed by atoms with Crippen LogP contribution in [0, 0.1) is 0 Å². The maximum absolute atomic E-state index is 10.9. The first-order valence-corrected chi connectivity index (χ1v) is 5.06. The van der Waals surface area contributed by atoms with Gasteiger partial charge in [0.05, 0.1) is 27.1 Å². The van der Waals surface area contributed by atoms with Crippen molar-refractivity contribution in [3.8, 4) is 0 Å². The smallest absolute Gasteiger partial charge is 0.333 e. The molecular weight excluding hydrogens is 258 g/mol. The number of aliphatic carboxylic acids is 1. The number of carboxylic acids is 1. The van der Waals surface area contributed by atoms with E-state index in [4.69, 9.17) is 14.6 Å². The molecule has 0 aromatic carbocycles. The Bertz CT molecular complexity index is 295. The van der Waals surface area contributed by atoms with Gasteiger partial charge >= 0.3 is 5.97 Å². The summed E-state index contributed by atoms with van der Waals surface area (Å²) in [6.45, 7) is 9.31. The lowest BCUT2D eigenvalue weighted by molar-refractivity contribution is -0.870. The van der Waals surface area contributed by atoms with Crippen LogP contribution in [0.25, 0.3) is 0 Å². The largest absolute Gasteiger partial charge is 0.545 e. The Morgan fingerprint density at radius 2 is 1.72 bits per heavy atom. The van der Waals surface area contributed by atoms with Gasteiger partial charge in [-0.15, -0.1) is 12.4 Å². The van der Waals surface area contributed by atoms with Gasteiger partial charge in [-0.3, -0.25) is 0 Å². The molecule has 0 aliphatic heterocycles. The molecule has 18 heavy (non-hydrogen) atoms. The number of hydrogen-bond donors (Lipinski definition) is 0. The number of quaternary nitrogens is 1.